The number of H-pyrrole nitrogens is 1. The van der Waals surface area contributed by atoms with Crippen molar-refractivity contribution in [3.05, 3.63) is 27.5 Å². The number of rotatable bonds is 6. The molecule has 2 aromatic heterocycles. The highest BCUT2D eigenvalue weighted by molar-refractivity contribution is 7.15. The molecule has 0 saturated heterocycles. The molecule has 0 atom stereocenters. The first-order chi connectivity index (χ1) is 11.4. The van der Waals surface area contributed by atoms with Gasteiger partial charge in [-0.2, -0.15) is 0 Å². The molecule has 0 bridgehead atoms. The Morgan fingerprint density at radius 1 is 1.33 bits per heavy atom. The van der Waals surface area contributed by atoms with Gasteiger partial charge in [-0.3, -0.25) is 10.1 Å². The number of aromatic amines is 1. The Morgan fingerprint density at radius 2 is 2.04 bits per heavy atom. The van der Waals surface area contributed by atoms with E-state index in [1.165, 1.54) is 18.4 Å². The van der Waals surface area contributed by atoms with Gasteiger partial charge in [-0.15, -0.1) is 10.2 Å². The molecule has 2 rings (SSSR count). The number of methoxy groups -OCH3 is 1. The van der Waals surface area contributed by atoms with Crippen LogP contribution >= 0.6 is 11.3 Å². The van der Waals surface area contributed by atoms with Crippen LogP contribution in [0.4, 0.5) is 5.13 Å². The van der Waals surface area contributed by atoms with Crippen molar-refractivity contribution in [1.82, 2.24) is 15.2 Å². The van der Waals surface area contributed by atoms with Crippen molar-refractivity contribution in [1.29, 1.82) is 0 Å². The molecule has 0 aromatic carbocycles. The van der Waals surface area contributed by atoms with Crippen LogP contribution in [-0.4, -0.2) is 34.2 Å². The number of hydrogen-bond donors (Lipinski definition) is 2. The molecule has 2 aromatic rings. The molecule has 0 radical (unpaired) electrons. The monoisotopic (exact) mass is 350 g/mol. The van der Waals surface area contributed by atoms with Crippen molar-refractivity contribution in [3.63, 3.8) is 0 Å². The maximum atomic E-state index is 12.6. The average molecular weight is 350 g/mol. The number of nitrogens with zero attached hydrogens (tertiary/aromatic N) is 2. The Labute approximate surface area is 144 Å². The van der Waals surface area contributed by atoms with E-state index in [0.717, 1.165) is 11.4 Å². The normalized spacial score (nSPS) is 10.9. The largest absolute Gasteiger partial charge is 0.465 e. The lowest BCUT2D eigenvalue weighted by Crippen LogP contribution is -2.15. The highest BCUT2D eigenvalue weighted by Gasteiger charge is 2.25. The Kier molecular flexibility index (Phi) is 5.71. The molecule has 0 aliphatic heterocycles. The Morgan fingerprint density at radius 3 is 2.58 bits per heavy atom. The third kappa shape index (κ3) is 3.64. The van der Waals surface area contributed by atoms with E-state index in [1.54, 1.807) is 6.92 Å². The van der Waals surface area contributed by atoms with Gasteiger partial charge < -0.3 is 9.72 Å². The lowest BCUT2D eigenvalue weighted by atomic mass is 10.0. The topological polar surface area (TPSA) is 97.0 Å². The zero-order chi connectivity index (χ0) is 17.9. The number of carbonyl (C=O) groups excluding carboxylic acids is 2. The molecule has 0 saturated carbocycles. The molecular formula is C16H22N4O3S. The summed E-state index contributed by atoms with van der Waals surface area (Å²) in [7, 11) is 1.33. The maximum Gasteiger partial charge on any atom is 0.339 e. The molecule has 1 amide bonds. The highest BCUT2D eigenvalue weighted by Crippen LogP contribution is 2.25. The van der Waals surface area contributed by atoms with Crippen LogP contribution in [0.15, 0.2) is 0 Å². The van der Waals surface area contributed by atoms with Gasteiger partial charge in [0.1, 0.15) is 10.7 Å². The van der Waals surface area contributed by atoms with E-state index in [2.05, 4.69) is 20.5 Å². The van der Waals surface area contributed by atoms with E-state index in [1.807, 2.05) is 20.8 Å². The summed E-state index contributed by atoms with van der Waals surface area (Å²) in [6.45, 7) is 7.78. The molecule has 8 heteroatoms. The van der Waals surface area contributed by atoms with E-state index in [0.29, 0.717) is 34.1 Å². The fourth-order valence-corrected chi connectivity index (χ4v) is 3.17. The van der Waals surface area contributed by atoms with Crippen molar-refractivity contribution in [2.24, 2.45) is 0 Å². The van der Waals surface area contributed by atoms with Gasteiger partial charge in [-0.25, -0.2) is 4.79 Å². The number of aryl methyl sites for hydroxylation is 1. The second kappa shape index (κ2) is 7.57. The van der Waals surface area contributed by atoms with E-state index in [9.17, 15) is 9.59 Å². The highest BCUT2D eigenvalue weighted by atomic mass is 32.1. The second-order valence-electron chi connectivity index (χ2n) is 5.77. The fourth-order valence-electron chi connectivity index (χ4n) is 2.43. The molecule has 0 aliphatic carbocycles. The van der Waals surface area contributed by atoms with Gasteiger partial charge in [0.15, 0.2) is 0 Å². The molecule has 2 N–H and O–H groups in total. The van der Waals surface area contributed by atoms with Crippen LogP contribution in [0.3, 0.4) is 0 Å². The summed E-state index contributed by atoms with van der Waals surface area (Å²) in [6.07, 6.45) is 1.41. The minimum atomic E-state index is -0.441. The van der Waals surface area contributed by atoms with Crippen LogP contribution in [0.1, 0.15) is 70.2 Å². The van der Waals surface area contributed by atoms with Crippen LogP contribution in [-0.2, 0) is 11.2 Å². The molecular weight excluding hydrogens is 328 g/mol. The number of esters is 1. The summed E-state index contributed by atoms with van der Waals surface area (Å²) < 4.78 is 4.83. The van der Waals surface area contributed by atoms with Crippen molar-refractivity contribution in [3.8, 4) is 0 Å². The van der Waals surface area contributed by atoms with Crippen molar-refractivity contribution in [2.45, 2.75) is 46.5 Å². The number of nitrogens with one attached hydrogen (secondary N) is 2. The summed E-state index contributed by atoms with van der Waals surface area (Å²) in [4.78, 5) is 27.6. The average Bonchev–Trinajstić information content (AvgIpc) is 3.12. The van der Waals surface area contributed by atoms with Gasteiger partial charge in [-0.1, -0.05) is 38.5 Å². The first-order valence-corrected chi connectivity index (χ1v) is 8.65. The van der Waals surface area contributed by atoms with Gasteiger partial charge in [0.25, 0.3) is 5.91 Å². The second-order valence-corrected chi connectivity index (χ2v) is 6.78. The Balaban J connectivity index is 2.32. The van der Waals surface area contributed by atoms with Crippen molar-refractivity contribution < 1.29 is 14.3 Å². The van der Waals surface area contributed by atoms with Crippen molar-refractivity contribution >= 4 is 28.3 Å². The molecule has 0 spiro atoms. The molecule has 2 heterocycles. The number of ether oxygens (including phenoxy) is 1. The predicted octanol–water partition coefficient (Wildman–Crippen LogP) is 3.29. The molecule has 130 valence electrons. The van der Waals surface area contributed by atoms with Gasteiger partial charge in [0.2, 0.25) is 5.13 Å². The molecule has 0 fully saturated rings. The third-order valence-corrected chi connectivity index (χ3v) is 4.70. The van der Waals surface area contributed by atoms with Crippen LogP contribution in [0, 0.1) is 6.92 Å². The summed E-state index contributed by atoms with van der Waals surface area (Å²) >= 11 is 1.35. The number of hydrogen-bond acceptors (Lipinski definition) is 6. The number of carbonyl (C=O) groups is 2. The number of aromatic nitrogens is 3. The molecule has 7 nitrogen and oxygen atoms in total. The Bertz CT molecular complexity index is 749. The zero-order valence-electron chi connectivity index (χ0n) is 14.5. The number of amides is 1. The standard InChI is InChI=1S/C16H22N4O3S/c1-6-7-10-11(15(22)23-5)9(4)17-12(10)13(21)18-16-20-19-14(24-16)8(2)3/h8,17H,6-7H2,1-5H3,(H,18,20,21). The summed E-state index contributed by atoms with van der Waals surface area (Å²) in [5.41, 5.74) is 2.10. The number of anilines is 1. The van der Waals surface area contributed by atoms with E-state index in [4.69, 9.17) is 4.74 Å². The van der Waals surface area contributed by atoms with E-state index in [-0.39, 0.29) is 11.8 Å². The molecule has 0 aliphatic rings. The Hall–Kier alpha value is -2.22. The lowest BCUT2D eigenvalue weighted by Gasteiger charge is -2.05. The SMILES string of the molecule is CCCc1c(C(=O)Nc2nnc(C(C)C)s2)[nH]c(C)c1C(=O)OC. The van der Waals surface area contributed by atoms with Crippen LogP contribution in [0.5, 0.6) is 0 Å². The van der Waals surface area contributed by atoms with Gasteiger partial charge in [-0.05, 0) is 18.9 Å². The lowest BCUT2D eigenvalue weighted by molar-refractivity contribution is 0.0599. The minimum Gasteiger partial charge on any atom is -0.465 e. The first kappa shape index (κ1) is 18.1. The third-order valence-electron chi connectivity index (χ3n) is 3.56. The predicted molar refractivity (Wildman–Crippen MR) is 92.8 cm³/mol. The van der Waals surface area contributed by atoms with Crippen LogP contribution < -0.4 is 5.32 Å². The summed E-state index contributed by atoms with van der Waals surface area (Å²) in [5.74, 6) is -0.519. The first-order valence-electron chi connectivity index (χ1n) is 7.83. The van der Waals surface area contributed by atoms with Crippen LogP contribution in [0.2, 0.25) is 0 Å². The minimum absolute atomic E-state index is 0.252. The van der Waals surface area contributed by atoms with Gasteiger partial charge in [0, 0.05) is 11.6 Å². The molecule has 24 heavy (non-hydrogen) atoms. The van der Waals surface area contributed by atoms with Gasteiger partial charge in [0.05, 0.1) is 12.7 Å². The quantitative estimate of drug-likeness (QED) is 0.779. The smallest absolute Gasteiger partial charge is 0.339 e. The summed E-state index contributed by atoms with van der Waals surface area (Å²) in [5, 5.41) is 12.1. The maximum absolute atomic E-state index is 12.6. The van der Waals surface area contributed by atoms with E-state index < -0.39 is 5.97 Å². The fraction of sp³-hybridized carbons (Fsp3) is 0.500. The van der Waals surface area contributed by atoms with Crippen molar-refractivity contribution in [2.75, 3.05) is 12.4 Å². The zero-order valence-corrected chi connectivity index (χ0v) is 15.3. The molecule has 0 unspecified atom stereocenters. The van der Waals surface area contributed by atoms with E-state index >= 15 is 0 Å². The van der Waals surface area contributed by atoms with Crippen LogP contribution in [0.25, 0.3) is 0 Å². The summed E-state index contributed by atoms with van der Waals surface area (Å²) in [6, 6.07) is 0. The van der Waals surface area contributed by atoms with Gasteiger partial charge >= 0.3 is 5.97 Å².